The largest absolute Gasteiger partial charge is 0.460 e. The molecule has 0 radical (unpaired) electrons. The number of esters is 1. The summed E-state index contributed by atoms with van der Waals surface area (Å²) in [6.07, 6.45) is 0.594. The van der Waals surface area contributed by atoms with Crippen LogP contribution in [-0.2, 0) is 14.8 Å². The Morgan fingerprint density at radius 3 is 2.43 bits per heavy atom. The van der Waals surface area contributed by atoms with Gasteiger partial charge in [0, 0.05) is 43.9 Å². The van der Waals surface area contributed by atoms with E-state index in [4.69, 9.17) is 9.15 Å². The number of nitrogens with zero attached hydrogens (tertiary/aromatic N) is 2. The SMILES string of the molecule is CCOC(=O)c1ccc(S(=O)(=O)N2CCN(C(CC)c3ccc(F)cc3F)CC2)o1. The van der Waals surface area contributed by atoms with Crippen molar-refractivity contribution in [1.82, 2.24) is 9.21 Å². The summed E-state index contributed by atoms with van der Waals surface area (Å²) in [6.45, 7) is 4.79. The van der Waals surface area contributed by atoms with Gasteiger partial charge in [-0.25, -0.2) is 22.0 Å². The maximum Gasteiger partial charge on any atom is 0.374 e. The molecule has 2 aromatic rings. The third-order valence-corrected chi connectivity index (χ3v) is 6.85. The first-order valence-corrected chi connectivity index (χ1v) is 11.2. The number of halogens is 2. The van der Waals surface area contributed by atoms with Gasteiger partial charge in [0.05, 0.1) is 6.61 Å². The Labute approximate surface area is 174 Å². The molecule has 1 atom stereocenters. The Morgan fingerprint density at radius 1 is 1.13 bits per heavy atom. The van der Waals surface area contributed by atoms with E-state index in [9.17, 15) is 22.0 Å². The molecule has 10 heteroatoms. The van der Waals surface area contributed by atoms with Gasteiger partial charge in [0.15, 0.2) is 0 Å². The van der Waals surface area contributed by atoms with Gasteiger partial charge in [0.1, 0.15) is 11.6 Å². The average molecular weight is 442 g/mol. The van der Waals surface area contributed by atoms with E-state index in [1.807, 2.05) is 11.8 Å². The van der Waals surface area contributed by atoms with E-state index in [0.29, 0.717) is 25.1 Å². The van der Waals surface area contributed by atoms with Gasteiger partial charge in [-0.2, -0.15) is 4.31 Å². The first-order chi connectivity index (χ1) is 14.3. The van der Waals surface area contributed by atoms with Crippen molar-refractivity contribution in [3.05, 3.63) is 53.3 Å². The van der Waals surface area contributed by atoms with Crippen LogP contribution in [0.3, 0.4) is 0 Å². The van der Waals surface area contributed by atoms with E-state index in [1.54, 1.807) is 6.92 Å². The zero-order chi connectivity index (χ0) is 21.9. The van der Waals surface area contributed by atoms with E-state index in [0.717, 1.165) is 6.07 Å². The molecule has 0 saturated carbocycles. The molecule has 1 aromatic heterocycles. The highest BCUT2D eigenvalue weighted by Gasteiger charge is 2.34. The van der Waals surface area contributed by atoms with Gasteiger partial charge in [0.25, 0.3) is 10.0 Å². The van der Waals surface area contributed by atoms with Crippen molar-refractivity contribution >= 4 is 16.0 Å². The minimum Gasteiger partial charge on any atom is -0.460 e. The maximum absolute atomic E-state index is 14.2. The Hall–Kier alpha value is -2.30. The first kappa shape index (κ1) is 22.4. The quantitative estimate of drug-likeness (QED) is 0.613. The number of carbonyl (C=O) groups is 1. The second-order valence-electron chi connectivity index (χ2n) is 6.87. The van der Waals surface area contributed by atoms with Gasteiger partial charge in [-0.1, -0.05) is 13.0 Å². The molecule has 3 rings (SSSR count). The van der Waals surface area contributed by atoms with E-state index < -0.39 is 27.6 Å². The van der Waals surface area contributed by atoms with Crippen molar-refractivity contribution in [3.8, 4) is 0 Å². The minimum atomic E-state index is -3.92. The van der Waals surface area contributed by atoms with Gasteiger partial charge in [-0.05, 0) is 31.5 Å². The smallest absolute Gasteiger partial charge is 0.374 e. The Kier molecular flexibility index (Phi) is 6.89. The molecule has 1 aromatic carbocycles. The van der Waals surface area contributed by atoms with Crippen molar-refractivity contribution in [1.29, 1.82) is 0 Å². The van der Waals surface area contributed by atoms with Crippen LogP contribution in [0.2, 0.25) is 0 Å². The monoisotopic (exact) mass is 442 g/mol. The lowest BCUT2D eigenvalue weighted by atomic mass is 10.0. The average Bonchev–Trinajstić information content (AvgIpc) is 3.22. The highest BCUT2D eigenvalue weighted by Crippen LogP contribution is 2.29. The summed E-state index contributed by atoms with van der Waals surface area (Å²) < 4.78 is 64.4. The molecule has 1 fully saturated rings. The molecule has 7 nitrogen and oxygen atoms in total. The number of sulfonamides is 1. The number of carbonyl (C=O) groups excluding carboxylic acids is 1. The summed E-state index contributed by atoms with van der Waals surface area (Å²) in [4.78, 5) is 13.7. The van der Waals surface area contributed by atoms with E-state index >= 15 is 0 Å². The van der Waals surface area contributed by atoms with Crippen molar-refractivity contribution in [2.24, 2.45) is 0 Å². The van der Waals surface area contributed by atoms with Crippen LogP contribution in [0.15, 0.2) is 39.8 Å². The molecule has 1 aliphatic heterocycles. The second-order valence-corrected chi connectivity index (χ2v) is 8.74. The lowest BCUT2D eigenvalue weighted by molar-refractivity contribution is 0.0483. The van der Waals surface area contributed by atoms with Crippen LogP contribution >= 0.6 is 0 Å². The summed E-state index contributed by atoms with van der Waals surface area (Å²) in [5, 5.41) is -0.323. The number of hydrogen-bond donors (Lipinski definition) is 0. The predicted octanol–water partition coefficient (Wildman–Crippen LogP) is 3.19. The second kappa shape index (κ2) is 9.23. The summed E-state index contributed by atoms with van der Waals surface area (Å²) >= 11 is 0. The summed E-state index contributed by atoms with van der Waals surface area (Å²) in [5.74, 6) is -2.15. The molecule has 164 valence electrons. The molecule has 0 N–H and O–H groups in total. The van der Waals surface area contributed by atoms with Gasteiger partial charge >= 0.3 is 5.97 Å². The highest BCUT2D eigenvalue weighted by molar-refractivity contribution is 7.89. The lowest BCUT2D eigenvalue weighted by Crippen LogP contribution is -2.49. The molecule has 1 saturated heterocycles. The molecular formula is C20H24F2N2O5S. The highest BCUT2D eigenvalue weighted by atomic mass is 32.2. The molecule has 1 unspecified atom stereocenters. The van der Waals surface area contributed by atoms with Crippen molar-refractivity contribution in [2.75, 3.05) is 32.8 Å². The van der Waals surface area contributed by atoms with Gasteiger partial charge in [-0.3, -0.25) is 4.90 Å². The number of benzene rings is 1. The van der Waals surface area contributed by atoms with Crippen molar-refractivity contribution < 1.29 is 31.1 Å². The standard InChI is InChI=1S/C20H24F2N2O5S/c1-3-17(15-6-5-14(21)13-16(15)22)23-9-11-24(12-10-23)30(26,27)19-8-7-18(29-19)20(25)28-4-2/h5-8,13,17H,3-4,9-12H2,1-2H3. The van der Waals surface area contributed by atoms with Crippen LogP contribution in [0.25, 0.3) is 0 Å². The van der Waals surface area contributed by atoms with Gasteiger partial charge in [-0.15, -0.1) is 0 Å². The molecular weight excluding hydrogens is 418 g/mol. The molecule has 0 aliphatic carbocycles. The third kappa shape index (κ3) is 4.55. The fourth-order valence-electron chi connectivity index (χ4n) is 3.60. The van der Waals surface area contributed by atoms with E-state index in [1.165, 1.54) is 28.6 Å². The molecule has 30 heavy (non-hydrogen) atoms. The van der Waals surface area contributed by atoms with Crippen LogP contribution in [0.4, 0.5) is 8.78 Å². The summed E-state index contributed by atoms with van der Waals surface area (Å²) in [6, 6.07) is 5.73. The summed E-state index contributed by atoms with van der Waals surface area (Å²) in [5.41, 5.74) is 0.389. The first-order valence-electron chi connectivity index (χ1n) is 9.74. The number of piperazine rings is 1. The van der Waals surface area contributed by atoms with Crippen LogP contribution < -0.4 is 0 Å². The zero-order valence-corrected chi connectivity index (χ0v) is 17.6. The predicted molar refractivity (Wildman–Crippen MR) is 104 cm³/mol. The van der Waals surface area contributed by atoms with Crippen LogP contribution in [0.5, 0.6) is 0 Å². The van der Waals surface area contributed by atoms with E-state index in [-0.39, 0.29) is 36.6 Å². The lowest BCUT2D eigenvalue weighted by Gasteiger charge is -2.38. The van der Waals surface area contributed by atoms with Crippen LogP contribution in [0, 0.1) is 11.6 Å². The van der Waals surface area contributed by atoms with Gasteiger partial charge < -0.3 is 9.15 Å². The van der Waals surface area contributed by atoms with Crippen LogP contribution in [0.1, 0.15) is 42.4 Å². The zero-order valence-electron chi connectivity index (χ0n) is 16.8. The minimum absolute atomic E-state index is 0.150. The Bertz CT molecular complexity index is 1000. The molecule has 2 heterocycles. The van der Waals surface area contributed by atoms with Crippen LogP contribution in [-0.4, -0.2) is 56.4 Å². The number of rotatable bonds is 7. The summed E-state index contributed by atoms with van der Waals surface area (Å²) in [7, 11) is -3.92. The fourth-order valence-corrected chi connectivity index (χ4v) is 4.93. The fraction of sp³-hybridized carbons (Fsp3) is 0.450. The number of ether oxygens (including phenoxy) is 1. The topological polar surface area (TPSA) is 80.1 Å². The molecule has 0 spiro atoms. The van der Waals surface area contributed by atoms with Gasteiger partial charge in [0.2, 0.25) is 10.9 Å². The van der Waals surface area contributed by atoms with Crippen molar-refractivity contribution in [2.45, 2.75) is 31.4 Å². The third-order valence-electron chi connectivity index (χ3n) is 5.07. The molecule has 1 aliphatic rings. The Balaban J connectivity index is 1.70. The normalized spacial score (nSPS) is 17.1. The Morgan fingerprint density at radius 2 is 1.83 bits per heavy atom. The molecule has 0 amide bonds. The molecule has 0 bridgehead atoms. The van der Waals surface area contributed by atoms with Crippen molar-refractivity contribution in [3.63, 3.8) is 0 Å². The number of hydrogen-bond acceptors (Lipinski definition) is 6. The number of furan rings is 1. The van der Waals surface area contributed by atoms with E-state index in [2.05, 4.69) is 0 Å². The maximum atomic E-state index is 14.2.